The van der Waals surface area contributed by atoms with Crippen molar-refractivity contribution >= 4 is 0 Å². The number of aliphatic hydroxyl groups excluding tert-OH is 1. The van der Waals surface area contributed by atoms with E-state index in [0.717, 1.165) is 25.9 Å². The molecule has 0 aliphatic carbocycles. The Bertz CT molecular complexity index is 255. The molecular formula is C15H30O4. The fourth-order valence-corrected chi connectivity index (χ4v) is 2.19. The van der Waals surface area contributed by atoms with Crippen molar-refractivity contribution in [2.75, 3.05) is 26.4 Å². The van der Waals surface area contributed by atoms with E-state index in [1.54, 1.807) is 0 Å². The highest BCUT2D eigenvalue weighted by Gasteiger charge is 2.36. The zero-order chi connectivity index (χ0) is 14.4. The Labute approximate surface area is 117 Å². The molecule has 4 heteroatoms. The molecule has 1 rings (SSSR count). The van der Waals surface area contributed by atoms with Crippen LogP contribution in [0.5, 0.6) is 0 Å². The van der Waals surface area contributed by atoms with Gasteiger partial charge in [-0.3, -0.25) is 0 Å². The number of ether oxygens (including phenoxy) is 3. The fourth-order valence-electron chi connectivity index (χ4n) is 2.19. The molecule has 1 aliphatic heterocycles. The second-order valence-electron chi connectivity index (χ2n) is 5.98. The van der Waals surface area contributed by atoms with E-state index in [0.29, 0.717) is 25.7 Å². The maximum atomic E-state index is 8.85. The average Bonchev–Trinajstić information content (AvgIpc) is 3.21. The number of rotatable bonds is 11. The standard InChI is InChI=1S/C15H30O4/c1-5-14(3,18-9-7-8-16)12-15(4,6-2)19-11-13-10-17-13/h13,16H,5-12H2,1-4H3. The summed E-state index contributed by atoms with van der Waals surface area (Å²) in [7, 11) is 0. The minimum atomic E-state index is -0.190. The predicted octanol–water partition coefficient (Wildman–Crippen LogP) is 2.53. The van der Waals surface area contributed by atoms with E-state index in [1.807, 2.05) is 0 Å². The summed E-state index contributed by atoms with van der Waals surface area (Å²) < 4.78 is 17.2. The van der Waals surface area contributed by atoms with E-state index < -0.39 is 0 Å². The molecule has 4 nitrogen and oxygen atoms in total. The van der Waals surface area contributed by atoms with Crippen LogP contribution in [-0.2, 0) is 14.2 Å². The molecule has 1 N–H and O–H groups in total. The molecule has 1 aliphatic rings. The number of hydrogen-bond acceptors (Lipinski definition) is 4. The van der Waals surface area contributed by atoms with Crippen molar-refractivity contribution < 1.29 is 19.3 Å². The van der Waals surface area contributed by atoms with Crippen molar-refractivity contribution in [3.8, 4) is 0 Å². The zero-order valence-electron chi connectivity index (χ0n) is 12.9. The van der Waals surface area contributed by atoms with Gasteiger partial charge in [0.05, 0.1) is 24.4 Å². The molecular weight excluding hydrogens is 244 g/mol. The van der Waals surface area contributed by atoms with E-state index in [2.05, 4.69) is 27.7 Å². The van der Waals surface area contributed by atoms with Crippen molar-refractivity contribution in [3.05, 3.63) is 0 Å². The van der Waals surface area contributed by atoms with Gasteiger partial charge in [0.1, 0.15) is 6.10 Å². The first-order valence-corrected chi connectivity index (χ1v) is 7.47. The van der Waals surface area contributed by atoms with Crippen LogP contribution in [0.2, 0.25) is 0 Å². The van der Waals surface area contributed by atoms with Crippen LogP contribution < -0.4 is 0 Å². The first-order chi connectivity index (χ1) is 8.97. The molecule has 0 aromatic rings. The molecule has 1 heterocycles. The third-order valence-electron chi connectivity index (χ3n) is 4.02. The summed E-state index contributed by atoms with van der Waals surface area (Å²) in [5.41, 5.74) is -0.361. The molecule has 0 aromatic carbocycles. The summed E-state index contributed by atoms with van der Waals surface area (Å²) in [5.74, 6) is 0. The third kappa shape index (κ3) is 6.21. The van der Waals surface area contributed by atoms with Gasteiger partial charge in [-0.25, -0.2) is 0 Å². The average molecular weight is 274 g/mol. The topological polar surface area (TPSA) is 51.2 Å². The van der Waals surface area contributed by atoms with Crippen molar-refractivity contribution in [2.24, 2.45) is 0 Å². The summed E-state index contributed by atoms with van der Waals surface area (Å²) in [4.78, 5) is 0. The number of hydrogen-bond donors (Lipinski definition) is 1. The second kappa shape index (κ2) is 7.58. The van der Waals surface area contributed by atoms with E-state index in [-0.39, 0.29) is 17.8 Å². The van der Waals surface area contributed by atoms with Crippen LogP contribution in [0.15, 0.2) is 0 Å². The van der Waals surface area contributed by atoms with Gasteiger partial charge in [-0.15, -0.1) is 0 Å². The molecule has 0 spiro atoms. The molecule has 3 atom stereocenters. The van der Waals surface area contributed by atoms with Gasteiger partial charge in [0.25, 0.3) is 0 Å². The SMILES string of the molecule is CCC(C)(CC(C)(CC)OCC1CO1)OCCCO. The number of aliphatic hydroxyl groups is 1. The van der Waals surface area contributed by atoms with Crippen LogP contribution in [0, 0.1) is 0 Å². The largest absolute Gasteiger partial charge is 0.396 e. The normalized spacial score (nSPS) is 24.8. The van der Waals surface area contributed by atoms with Crippen LogP contribution in [0.25, 0.3) is 0 Å². The van der Waals surface area contributed by atoms with Crippen LogP contribution >= 0.6 is 0 Å². The summed E-state index contributed by atoms with van der Waals surface area (Å²) in [5, 5.41) is 8.85. The highest BCUT2D eigenvalue weighted by atomic mass is 16.6. The molecule has 0 radical (unpaired) electrons. The van der Waals surface area contributed by atoms with Gasteiger partial charge < -0.3 is 19.3 Å². The minimum Gasteiger partial charge on any atom is -0.396 e. The molecule has 19 heavy (non-hydrogen) atoms. The van der Waals surface area contributed by atoms with Crippen LogP contribution in [-0.4, -0.2) is 48.8 Å². The lowest BCUT2D eigenvalue weighted by Crippen LogP contribution is -2.41. The van der Waals surface area contributed by atoms with Crippen LogP contribution in [0.3, 0.4) is 0 Å². The van der Waals surface area contributed by atoms with Gasteiger partial charge in [0.2, 0.25) is 0 Å². The summed E-state index contributed by atoms with van der Waals surface area (Å²) in [6.07, 6.45) is 3.75. The Morgan fingerprint density at radius 3 is 2.21 bits per heavy atom. The summed E-state index contributed by atoms with van der Waals surface area (Å²) in [6.45, 7) is 10.9. The summed E-state index contributed by atoms with van der Waals surface area (Å²) in [6, 6.07) is 0. The highest BCUT2D eigenvalue weighted by molar-refractivity contribution is 4.87. The molecule has 114 valence electrons. The molecule has 1 fully saturated rings. The molecule has 3 unspecified atom stereocenters. The van der Waals surface area contributed by atoms with Crippen molar-refractivity contribution in [2.45, 2.75) is 70.7 Å². The van der Waals surface area contributed by atoms with Gasteiger partial charge in [-0.2, -0.15) is 0 Å². The van der Waals surface area contributed by atoms with Crippen molar-refractivity contribution in [3.63, 3.8) is 0 Å². The van der Waals surface area contributed by atoms with E-state index in [4.69, 9.17) is 19.3 Å². The molecule has 0 saturated carbocycles. The van der Waals surface area contributed by atoms with Gasteiger partial charge in [0.15, 0.2) is 0 Å². The van der Waals surface area contributed by atoms with E-state index >= 15 is 0 Å². The Balaban J connectivity index is 2.47. The first kappa shape index (κ1) is 16.9. The second-order valence-corrected chi connectivity index (χ2v) is 5.98. The maximum absolute atomic E-state index is 8.85. The quantitative estimate of drug-likeness (QED) is 0.464. The predicted molar refractivity (Wildman–Crippen MR) is 75.4 cm³/mol. The molecule has 0 amide bonds. The third-order valence-corrected chi connectivity index (χ3v) is 4.02. The van der Waals surface area contributed by atoms with Gasteiger partial charge in [0, 0.05) is 19.6 Å². The van der Waals surface area contributed by atoms with Gasteiger partial charge in [-0.1, -0.05) is 13.8 Å². The Morgan fingerprint density at radius 1 is 1.16 bits per heavy atom. The van der Waals surface area contributed by atoms with Gasteiger partial charge >= 0.3 is 0 Å². The Kier molecular flexibility index (Phi) is 6.74. The maximum Gasteiger partial charge on any atom is 0.104 e. The molecule has 0 bridgehead atoms. The zero-order valence-corrected chi connectivity index (χ0v) is 12.9. The highest BCUT2D eigenvalue weighted by Crippen LogP contribution is 2.32. The van der Waals surface area contributed by atoms with Crippen molar-refractivity contribution in [1.29, 1.82) is 0 Å². The van der Waals surface area contributed by atoms with Gasteiger partial charge in [-0.05, 0) is 33.1 Å². The molecule has 0 aromatic heterocycles. The lowest BCUT2D eigenvalue weighted by Gasteiger charge is -2.38. The van der Waals surface area contributed by atoms with Crippen LogP contribution in [0.4, 0.5) is 0 Å². The smallest absolute Gasteiger partial charge is 0.104 e. The first-order valence-electron chi connectivity index (χ1n) is 7.47. The lowest BCUT2D eigenvalue weighted by atomic mass is 9.85. The monoisotopic (exact) mass is 274 g/mol. The molecule has 1 saturated heterocycles. The number of epoxide rings is 1. The lowest BCUT2D eigenvalue weighted by molar-refractivity contribution is -0.122. The Hall–Kier alpha value is -0.160. The van der Waals surface area contributed by atoms with Crippen molar-refractivity contribution in [1.82, 2.24) is 0 Å². The fraction of sp³-hybridized carbons (Fsp3) is 1.00. The minimum absolute atomic E-state index is 0.171. The Morgan fingerprint density at radius 2 is 1.74 bits per heavy atom. The summed E-state index contributed by atoms with van der Waals surface area (Å²) >= 11 is 0. The van der Waals surface area contributed by atoms with Crippen LogP contribution in [0.1, 0.15) is 53.4 Å². The van der Waals surface area contributed by atoms with E-state index in [1.165, 1.54) is 0 Å². The van der Waals surface area contributed by atoms with E-state index in [9.17, 15) is 0 Å².